The molecule has 19 heavy (non-hydrogen) atoms. The van der Waals surface area contributed by atoms with Crippen molar-refractivity contribution in [2.75, 3.05) is 11.5 Å². The third-order valence-corrected chi connectivity index (χ3v) is 3.19. The standard InChI is InChI=1S/C11H18N2O5S/c1-2-5-19-6-8(11(17)18)13-9(14)4-3-7(12)10(15)16/h2,7-8H,1,3-6,12H2,(H,13,14)(H,15,16)(H,17,18). The van der Waals surface area contributed by atoms with Crippen LogP contribution in [0.3, 0.4) is 0 Å². The first-order chi connectivity index (χ1) is 8.88. The molecule has 1 amide bonds. The minimum atomic E-state index is -1.19. The fraction of sp³-hybridized carbons (Fsp3) is 0.545. The third-order valence-electron chi connectivity index (χ3n) is 2.15. The lowest BCUT2D eigenvalue weighted by Gasteiger charge is -2.14. The molecule has 0 aliphatic carbocycles. The molecule has 0 aromatic carbocycles. The second kappa shape index (κ2) is 9.40. The molecule has 0 bridgehead atoms. The number of hydrogen-bond donors (Lipinski definition) is 4. The number of thioether (sulfide) groups is 1. The molecule has 0 aromatic heterocycles. The largest absolute Gasteiger partial charge is 0.480 e. The highest BCUT2D eigenvalue weighted by Gasteiger charge is 2.20. The zero-order valence-electron chi connectivity index (χ0n) is 10.4. The average Bonchev–Trinajstić information content (AvgIpc) is 2.34. The number of carboxylic acid groups (broad SMARTS) is 2. The molecule has 0 saturated carbocycles. The first kappa shape index (κ1) is 17.5. The van der Waals surface area contributed by atoms with Crippen LogP contribution in [0.15, 0.2) is 12.7 Å². The highest BCUT2D eigenvalue weighted by atomic mass is 32.2. The van der Waals surface area contributed by atoms with Crippen molar-refractivity contribution in [3.05, 3.63) is 12.7 Å². The zero-order chi connectivity index (χ0) is 14.8. The van der Waals surface area contributed by atoms with Gasteiger partial charge in [-0.05, 0) is 6.42 Å². The first-order valence-corrected chi connectivity index (χ1v) is 6.73. The predicted octanol–water partition coefficient (Wildman–Crippen LogP) is -0.333. The van der Waals surface area contributed by atoms with Gasteiger partial charge in [0.25, 0.3) is 0 Å². The van der Waals surface area contributed by atoms with Gasteiger partial charge in [0.1, 0.15) is 12.1 Å². The van der Waals surface area contributed by atoms with Crippen LogP contribution in [0, 0.1) is 0 Å². The molecule has 0 radical (unpaired) electrons. The maximum Gasteiger partial charge on any atom is 0.327 e. The Bertz CT molecular complexity index is 348. The van der Waals surface area contributed by atoms with Crippen molar-refractivity contribution in [3.8, 4) is 0 Å². The molecule has 2 unspecified atom stereocenters. The Morgan fingerprint density at radius 2 is 1.95 bits per heavy atom. The van der Waals surface area contributed by atoms with Gasteiger partial charge in [-0.1, -0.05) is 6.08 Å². The summed E-state index contributed by atoms with van der Waals surface area (Å²) >= 11 is 1.33. The van der Waals surface area contributed by atoms with Gasteiger partial charge in [-0.3, -0.25) is 9.59 Å². The van der Waals surface area contributed by atoms with E-state index in [1.807, 2.05) is 0 Å². The van der Waals surface area contributed by atoms with Crippen LogP contribution in [0.4, 0.5) is 0 Å². The lowest BCUT2D eigenvalue weighted by atomic mass is 10.1. The number of carbonyl (C=O) groups is 3. The summed E-state index contributed by atoms with van der Waals surface area (Å²) in [5, 5.41) is 19.8. The number of carboxylic acids is 2. The van der Waals surface area contributed by atoms with Crippen LogP contribution in [0.2, 0.25) is 0 Å². The van der Waals surface area contributed by atoms with Gasteiger partial charge < -0.3 is 21.3 Å². The van der Waals surface area contributed by atoms with Crippen molar-refractivity contribution in [3.63, 3.8) is 0 Å². The van der Waals surface area contributed by atoms with E-state index in [1.54, 1.807) is 6.08 Å². The summed E-state index contributed by atoms with van der Waals surface area (Å²) in [6.45, 7) is 3.50. The Balaban J connectivity index is 4.13. The van der Waals surface area contributed by atoms with E-state index in [2.05, 4.69) is 11.9 Å². The SMILES string of the molecule is C=CCSCC(NC(=O)CCC(N)C(=O)O)C(=O)O. The Morgan fingerprint density at radius 3 is 2.42 bits per heavy atom. The van der Waals surface area contributed by atoms with Crippen molar-refractivity contribution in [2.45, 2.75) is 24.9 Å². The predicted molar refractivity (Wildman–Crippen MR) is 71.9 cm³/mol. The Morgan fingerprint density at radius 1 is 1.32 bits per heavy atom. The topological polar surface area (TPSA) is 130 Å². The van der Waals surface area contributed by atoms with E-state index in [4.69, 9.17) is 15.9 Å². The Kier molecular flexibility index (Phi) is 8.64. The van der Waals surface area contributed by atoms with Crippen LogP contribution >= 0.6 is 11.8 Å². The van der Waals surface area contributed by atoms with Gasteiger partial charge in [0.05, 0.1) is 0 Å². The smallest absolute Gasteiger partial charge is 0.327 e. The summed E-state index contributed by atoms with van der Waals surface area (Å²) in [6.07, 6.45) is 1.48. The normalized spacial score (nSPS) is 13.3. The lowest BCUT2D eigenvalue weighted by molar-refractivity contribution is -0.141. The zero-order valence-corrected chi connectivity index (χ0v) is 11.2. The molecule has 8 heteroatoms. The Hall–Kier alpha value is -1.54. The summed E-state index contributed by atoms with van der Waals surface area (Å²) in [7, 11) is 0. The molecule has 7 nitrogen and oxygen atoms in total. The van der Waals surface area contributed by atoms with E-state index in [0.29, 0.717) is 5.75 Å². The van der Waals surface area contributed by atoms with Crippen LogP contribution in [-0.4, -0.2) is 51.6 Å². The molecule has 0 aliphatic rings. The molecule has 0 fully saturated rings. The summed E-state index contributed by atoms with van der Waals surface area (Å²) in [5.41, 5.74) is 5.24. The van der Waals surface area contributed by atoms with Gasteiger partial charge in [-0.15, -0.1) is 6.58 Å². The molecule has 108 valence electrons. The molecule has 5 N–H and O–H groups in total. The highest BCUT2D eigenvalue weighted by Crippen LogP contribution is 2.04. The number of nitrogens with one attached hydrogen (secondary N) is 1. The molecular formula is C11H18N2O5S. The van der Waals surface area contributed by atoms with Crippen LogP contribution in [-0.2, 0) is 14.4 Å². The molecule has 0 aromatic rings. The number of hydrogen-bond acceptors (Lipinski definition) is 5. The Labute approximate surface area is 115 Å². The van der Waals surface area contributed by atoms with E-state index >= 15 is 0 Å². The van der Waals surface area contributed by atoms with Gasteiger partial charge in [0, 0.05) is 17.9 Å². The fourth-order valence-corrected chi connectivity index (χ4v) is 1.88. The minimum Gasteiger partial charge on any atom is -0.480 e. The van der Waals surface area contributed by atoms with E-state index < -0.39 is 29.9 Å². The molecule has 0 rings (SSSR count). The van der Waals surface area contributed by atoms with Crippen molar-refractivity contribution >= 4 is 29.6 Å². The second-order valence-electron chi connectivity index (χ2n) is 3.77. The summed E-state index contributed by atoms with van der Waals surface area (Å²) < 4.78 is 0. The number of nitrogens with two attached hydrogens (primary N) is 1. The quantitative estimate of drug-likeness (QED) is 0.320. The van der Waals surface area contributed by atoms with Gasteiger partial charge in [-0.2, -0.15) is 11.8 Å². The van der Waals surface area contributed by atoms with Crippen molar-refractivity contribution in [1.82, 2.24) is 5.32 Å². The monoisotopic (exact) mass is 290 g/mol. The maximum absolute atomic E-state index is 11.5. The third kappa shape index (κ3) is 8.22. The van der Waals surface area contributed by atoms with Gasteiger partial charge >= 0.3 is 11.9 Å². The van der Waals surface area contributed by atoms with E-state index in [0.717, 1.165) is 0 Å². The number of aliphatic carboxylic acids is 2. The van der Waals surface area contributed by atoms with Crippen LogP contribution in [0.25, 0.3) is 0 Å². The summed E-state index contributed by atoms with van der Waals surface area (Å²) in [5.74, 6) is -2.04. The number of rotatable bonds is 10. The maximum atomic E-state index is 11.5. The molecule has 0 spiro atoms. The van der Waals surface area contributed by atoms with Crippen LogP contribution in [0.5, 0.6) is 0 Å². The van der Waals surface area contributed by atoms with Gasteiger partial charge in [0.2, 0.25) is 5.91 Å². The second-order valence-corrected chi connectivity index (χ2v) is 4.84. The fourth-order valence-electron chi connectivity index (χ4n) is 1.12. The average molecular weight is 290 g/mol. The van der Waals surface area contributed by atoms with E-state index in [9.17, 15) is 14.4 Å². The highest BCUT2D eigenvalue weighted by molar-refractivity contribution is 7.99. The van der Waals surface area contributed by atoms with Crippen molar-refractivity contribution in [2.24, 2.45) is 5.73 Å². The van der Waals surface area contributed by atoms with Crippen LogP contribution in [0.1, 0.15) is 12.8 Å². The minimum absolute atomic E-state index is 0.0344. The summed E-state index contributed by atoms with van der Waals surface area (Å²) in [6, 6.07) is -2.12. The summed E-state index contributed by atoms with van der Waals surface area (Å²) in [4.78, 5) is 32.8. The van der Waals surface area contributed by atoms with Crippen molar-refractivity contribution < 1.29 is 24.6 Å². The molecule has 0 aliphatic heterocycles. The van der Waals surface area contributed by atoms with Gasteiger partial charge in [0.15, 0.2) is 0 Å². The van der Waals surface area contributed by atoms with Crippen LogP contribution < -0.4 is 11.1 Å². The van der Waals surface area contributed by atoms with E-state index in [-0.39, 0.29) is 18.6 Å². The van der Waals surface area contributed by atoms with Gasteiger partial charge in [-0.25, -0.2) is 4.79 Å². The molecule has 0 saturated heterocycles. The number of carbonyl (C=O) groups excluding carboxylic acids is 1. The molecular weight excluding hydrogens is 272 g/mol. The molecule has 2 atom stereocenters. The number of amides is 1. The lowest BCUT2D eigenvalue weighted by Crippen LogP contribution is -2.43. The van der Waals surface area contributed by atoms with Crippen molar-refractivity contribution in [1.29, 1.82) is 0 Å². The molecule has 0 heterocycles. The van der Waals surface area contributed by atoms with E-state index in [1.165, 1.54) is 11.8 Å². The first-order valence-electron chi connectivity index (χ1n) is 5.57.